The van der Waals surface area contributed by atoms with Gasteiger partial charge in [-0.05, 0) is 42.0 Å². The van der Waals surface area contributed by atoms with Crippen LogP contribution in [0.1, 0.15) is 15.9 Å². The molecule has 2 N–H and O–H groups in total. The number of nitrogens with one attached hydrogen (secondary N) is 2. The van der Waals surface area contributed by atoms with Gasteiger partial charge in [0.25, 0.3) is 5.91 Å². The molecule has 2 aromatic rings. The van der Waals surface area contributed by atoms with Crippen molar-refractivity contribution in [2.24, 2.45) is 0 Å². The Morgan fingerprint density at radius 3 is 1.91 bits per heavy atom. The molecule has 0 aliphatic carbocycles. The van der Waals surface area contributed by atoms with Crippen LogP contribution in [-0.2, 0) is 11.2 Å². The average Bonchev–Trinajstić information content (AvgIpc) is 2.54. The minimum absolute atomic E-state index is 0.145. The maximum Gasteiger partial charge on any atom is 0.251 e. The molecule has 0 aliphatic rings. The van der Waals surface area contributed by atoms with Gasteiger partial charge in [-0.15, -0.1) is 0 Å². The summed E-state index contributed by atoms with van der Waals surface area (Å²) in [5.41, 5.74) is 1.06. The fraction of sp³-hybridized carbons (Fsp3) is 0.176. The lowest BCUT2D eigenvalue weighted by Crippen LogP contribution is -2.35. The predicted molar refractivity (Wildman–Crippen MR) is 81.8 cm³/mol. The first-order valence-corrected chi connectivity index (χ1v) is 7.09. The standard InChI is InChI=1S/C17H16F2N2O2/c18-14-5-1-12(2-6-14)11-16(22)20-9-10-21-17(23)13-3-7-15(19)8-4-13/h1-8H,9-11H2,(H,20,22)(H,21,23). The maximum atomic E-state index is 12.7. The monoisotopic (exact) mass is 318 g/mol. The van der Waals surface area contributed by atoms with Crippen molar-refractivity contribution in [3.05, 3.63) is 71.3 Å². The lowest BCUT2D eigenvalue weighted by atomic mass is 10.1. The van der Waals surface area contributed by atoms with Crippen LogP contribution in [0.15, 0.2) is 48.5 Å². The van der Waals surface area contributed by atoms with Gasteiger partial charge in [0.15, 0.2) is 0 Å². The molecule has 23 heavy (non-hydrogen) atoms. The number of hydrogen-bond acceptors (Lipinski definition) is 2. The van der Waals surface area contributed by atoms with Gasteiger partial charge in [-0.3, -0.25) is 9.59 Å². The van der Waals surface area contributed by atoms with Crippen LogP contribution in [0.25, 0.3) is 0 Å². The van der Waals surface area contributed by atoms with Crippen molar-refractivity contribution >= 4 is 11.8 Å². The van der Waals surface area contributed by atoms with Gasteiger partial charge in [0.1, 0.15) is 11.6 Å². The molecule has 4 nitrogen and oxygen atoms in total. The van der Waals surface area contributed by atoms with E-state index in [0.717, 1.165) is 0 Å². The lowest BCUT2D eigenvalue weighted by Gasteiger charge is -2.07. The van der Waals surface area contributed by atoms with Crippen molar-refractivity contribution in [3.8, 4) is 0 Å². The molecule has 0 aliphatic heterocycles. The highest BCUT2D eigenvalue weighted by atomic mass is 19.1. The number of benzene rings is 2. The van der Waals surface area contributed by atoms with Crippen LogP contribution in [0, 0.1) is 11.6 Å². The number of carbonyl (C=O) groups excluding carboxylic acids is 2. The summed E-state index contributed by atoms with van der Waals surface area (Å²) in [6, 6.07) is 10.9. The highest BCUT2D eigenvalue weighted by Crippen LogP contribution is 2.03. The largest absolute Gasteiger partial charge is 0.354 e. The number of halogens is 2. The summed E-state index contributed by atoms with van der Waals surface area (Å²) in [4.78, 5) is 23.4. The second-order valence-electron chi connectivity index (χ2n) is 4.92. The molecule has 0 fully saturated rings. The van der Waals surface area contributed by atoms with E-state index < -0.39 is 5.82 Å². The summed E-state index contributed by atoms with van der Waals surface area (Å²) in [6.45, 7) is 0.526. The minimum atomic E-state index is -0.408. The van der Waals surface area contributed by atoms with Gasteiger partial charge in [-0.1, -0.05) is 12.1 Å². The van der Waals surface area contributed by atoms with Crippen molar-refractivity contribution in [1.29, 1.82) is 0 Å². The van der Waals surface area contributed by atoms with E-state index in [2.05, 4.69) is 10.6 Å². The molecular weight excluding hydrogens is 302 g/mol. The van der Waals surface area contributed by atoms with Crippen LogP contribution in [0.2, 0.25) is 0 Å². The Hall–Kier alpha value is -2.76. The third-order valence-electron chi connectivity index (χ3n) is 3.12. The predicted octanol–water partition coefficient (Wildman–Crippen LogP) is 2.05. The summed E-state index contributed by atoms with van der Waals surface area (Å²) in [5, 5.41) is 5.27. The molecule has 0 aromatic heterocycles. The van der Waals surface area contributed by atoms with E-state index in [-0.39, 0.29) is 37.1 Å². The topological polar surface area (TPSA) is 58.2 Å². The zero-order valence-electron chi connectivity index (χ0n) is 12.3. The van der Waals surface area contributed by atoms with Gasteiger partial charge >= 0.3 is 0 Å². The van der Waals surface area contributed by atoms with Crippen LogP contribution in [-0.4, -0.2) is 24.9 Å². The first-order valence-electron chi connectivity index (χ1n) is 7.09. The summed E-state index contributed by atoms with van der Waals surface area (Å²) >= 11 is 0. The molecule has 0 heterocycles. The number of rotatable bonds is 6. The number of carbonyl (C=O) groups is 2. The van der Waals surface area contributed by atoms with Crippen molar-refractivity contribution in [3.63, 3.8) is 0 Å². The van der Waals surface area contributed by atoms with Crippen molar-refractivity contribution < 1.29 is 18.4 Å². The number of hydrogen-bond donors (Lipinski definition) is 2. The molecule has 0 atom stereocenters. The van der Waals surface area contributed by atoms with Gasteiger partial charge in [0.2, 0.25) is 5.91 Å². The third kappa shape index (κ3) is 5.50. The van der Waals surface area contributed by atoms with E-state index in [1.165, 1.54) is 36.4 Å². The van der Waals surface area contributed by atoms with E-state index in [4.69, 9.17) is 0 Å². The van der Waals surface area contributed by atoms with Crippen LogP contribution in [0.4, 0.5) is 8.78 Å². The summed E-state index contributed by atoms with van der Waals surface area (Å²) in [5.74, 6) is -1.31. The molecule has 0 spiro atoms. The van der Waals surface area contributed by atoms with E-state index in [1.54, 1.807) is 12.1 Å². The fourth-order valence-corrected chi connectivity index (χ4v) is 1.93. The molecule has 2 amide bonds. The van der Waals surface area contributed by atoms with E-state index >= 15 is 0 Å². The smallest absolute Gasteiger partial charge is 0.251 e. The normalized spacial score (nSPS) is 10.2. The molecule has 120 valence electrons. The minimum Gasteiger partial charge on any atom is -0.354 e. The molecule has 0 bridgehead atoms. The fourth-order valence-electron chi connectivity index (χ4n) is 1.93. The number of amides is 2. The third-order valence-corrected chi connectivity index (χ3v) is 3.12. The first kappa shape index (κ1) is 16.6. The molecule has 0 saturated heterocycles. The average molecular weight is 318 g/mol. The van der Waals surface area contributed by atoms with E-state index in [0.29, 0.717) is 11.1 Å². The Morgan fingerprint density at radius 1 is 0.783 bits per heavy atom. The molecule has 6 heteroatoms. The second kappa shape index (κ2) is 8.03. The summed E-state index contributed by atoms with van der Waals surface area (Å²) in [6.07, 6.45) is 0.145. The Kier molecular flexibility index (Phi) is 5.80. The summed E-state index contributed by atoms with van der Waals surface area (Å²) < 4.78 is 25.5. The van der Waals surface area contributed by atoms with Crippen LogP contribution < -0.4 is 10.6 Å². The van der Waals surface area contributed by atoms with Gasteiger partial charge in [0, 0.05) is 18.7 Å². The highest BCUT2D eigenvalue weighted by molar-refractivity contribution is 5.94. The van der Waals surface area contributed by atoms with Crippen LogP contribution >= 0.6 is 0 Å². The quantitative estimate of drug-likeness (QED) is 0.801. The summed E-state index contributed by atoms with van der Waals surface area (Å²) in [7, 11) is 0. The van der Waals surface area contributed by atoms with E-state index in [9.17, 15) is 18.4 Å². The highest BCUT2D eigenvalue weighted by Gasteiger charge is 2.06. The van der Waals surface area contributed by atoms with Crippen molar-refractivity contribution in [2.45, 2.75) is 6.42 Å². The van der Waals surface area contributed by atoms with Crippen molar-refractivity contribution in [1.82, 2.24) is 10.6 Å². The Morgan fingerprint density at radius 2 is 1.30 bits per heavy atom. The molecular formula is C17H16F2N2O2. The molecule has 2 rings (SSSR count). The van der Waals surface area contributed by atoms with Gasteiger partial charge in [-0.25, -0.2) is 8.78 Å². The molecule has 0 radical (unpaired) electrons. The van der Waals surface area contributed by atoms with Gasteiger partial charge < -0.3 is 10.6 Å². The lowest BCUT2D eigenvalue weighted by molar-refractivity contribution is -0.120. The van der Waals surface area contributed by atoms with Crippen molar-refractivity contribution in [2.75, 3.05) is 13.1 Å². The zero-order chi connectivity index (χ0) is 16.7. The van der Waals surface area contributed by atoms with E-state index in [1.807, 2.05) is 0 Å². The maximum absolute atomic E-state index is 12.7. The molecule has 0 unspecified atom stereocenters. The van der Waals surface area contributed by atoms with Gasteiger partial charge in [-0.2, -0.15) is 0 Å². The zero-order valence-corrected chi connectivity index (χ0v) is 12.3. The Labute approximate surface area is 132 Å². The molecule has 2 aromatic carbocycles. The Bertz CT molecular complexity index is 670. The van der Waals surface area contributed by atoms with Gasteiger partial charge in [0.05, 0.1) is 6.42 Å². The second-order valence-corrected chi connectivity index (χ2v) is 4.92. The van der Waals surface area contributed by atoms with Crippen LogP contribution in [0.3, 0.4) is 0 Å². The first-order chi connectivity index (χ1) is 11.0. The molecule has 0 saturated carbocycles. The van der Waals surface area contributed by atoms with Crippen LogP contribution in [0.5, 0.6) is 0 Å². The SMILES string of the molecule is O=C(Cc1ccc(F)cc1)NCCNC(=O)c1ccc(F)cc1. The Balaban J connectivity index is 1.68.